The first-order chi connectivity index (χ1) is 9.40. The van der Waals surface area contributed by atoms with Crippen LogP contribution in [0.4, 0.5) is 11.4 Å². The molecule has 0 aliphatic rings. The van der Waals surface area contributed by atoms with Crippen LogP contribution >= 0.6 is 22.9 Å². The second-order valence-corrected chi connectivity index (χ2v) is 5.66. The number of hydrogen-bond acceptors (Lipinski definition) is 5. The maximum absolute atomic E-state index is 12.1. The van der Waals surface area contributed by atoms with Crippen LogP contribution in [0.1, 0.15) is 20.2 Å². The lowest BCUT2D eigenvalue weighted by atomic mass is 10.3. The molecule has 0 atom stereocenters. The molecule has 0 saturated heterocycles. The van der Waals surface area contributed by atoms with Gasteiger partial charge in [0.1, 0.15) is 0 Å². The van der Waals surface area contributed by atoms with Gasteiger partial charge in [-0.15, -0.1) is 11.3 Å². The Labute approximate surface area is 123 Å². The highest BCUT2D eigenvalue weighted by molar-refractivity contribution is 7.14. The number of thiophene rings is 1. The molecule has 2 rings (SSSR count). The van der Waals surface area contributed by atoms with Crippen molar-refractivity contribution in [2.45, 2.75) is 13.8 Å². The van der Waals surface area contributed by atoms with E-state index in [1.165, 1.54) is 12.3 Å². The van der Waals surface area contributed by atoms with Crippen LogP contribution in [0.15, 0.2) is 18.3 Å². The van der Waals surface area contributed by atoms with Gasteiger partial charge < -0.3 is 5.32 Å². The largest absolute Gasteiger partial charge is 0.320 e. The summed E-state index contributed by atoms with van der Waals surface area (Å²) in [6.07, 6.45) is 1.53. The number of amides is 1. The first kappa shape index (κ1) is 14.4. The van der Waals surface area contributed by atoms with Crippen LogP contribution in [-0.2, 0) is 0 Å². The number of hydrogen-bond donors (Lipinski definition) is 1. The summed E-state index contributed by atoms with van der Waals surface area (Å²) in [6.45, 7) is 3.32. The molecule has 0 unspecified atom stereocenters. The van der Waals surface area contributed by atoms with E-state index in [9.17, 15) is 14.9 Å². The van der Waals surface area contributed by atoms with Gasteiger partial charge in [0.25, 0.3) is 11.6 Å². The molecule has 104 valence electrons. The Morgan fingerprint density at radius 2 is 2.20 bits per heavy atom. The van der Waals surface area contributed by atoms with E-state index in [0.29, 0.717) is 21.3 Å². The smallest absolute Gasteiger partial charge is 0.283 e. The number of pyridine rings is 1. The lowest BCUT2D eigenvalue weighted by Gasteiger charge is -2.06. The van der Waals surface area contributed by atoms with E-state index < -0.39 is 10.8 Å². The molecule has 0 saturated carbocycles. The molecule has 2 aromatic heterocycles. The van der Waals surface area contributed by atoms with Crippen LogP contribution in [0.25, 0.3) is 0 Å². The highest BCUT2D eigenvalue weighted by Crippen LogP contribution is 2.30. The summed E-state index contributed by atoms with van der Waals surface area (Å²) >= 11 is 7.10. The molecule has 2 aromatic rings. The summed E-state index contributed by atoms with van der Waals surface area (Å²) < 4.78 is 0. The quantitative estimate of drug-likeness (QED) is 0.693. The SMILES string of the molecule is Cc1nccc(NC(=O)c2cc([N+](=O)[O-])c(C)s2)c1Cl. The third-order valence-corrected chi connectivity index (χ3v) is 4.14. The number of anilines is 1. The van der Waals surface area contributed by atoms with Gasteiger partial charge in [0.2, 0.25) is 0 Å². The van der Waals surface area contributed by atoms with Gasteiger partial charge in [0.15, 0.2) is 0 Å². The second-order valence-electron chi connectivity index (χ2n) is 4.02. The first-order valence-corrected chi connectivity index (χ1v) is 6.77. The number of aryl methyl sites for hydroxylation is 2. The Hall–Kier alpha value is -1.99. The zero-order valence-corrected chi connectivity index (χ0v) is 12.2. The zero-order valence-electron chi connectivity index (χ0n) is 10.6. The van der Waals surface area contributed by atoms with Crippen LogP contribution < -0.4 is 5.32 Å². The first-order valence-electron chi connectivity index (χ1n) is 5.57. The van der Waals surface area contributed by atoms with Crippen molar-refractivity contribution < 1.29 is 9.72 Å². The van der Waals surface area contributed by atoms with E-state index in [1.807, 2.05) is 0 Å². The summed E-state index contributed by atoms with van der Waals surface area (Å²) in [4.78, 5) is 27.1. The Morgan fingerprint density at radius 3 is 2.80 bits per heavy atom. The topological polar surface area (TPSA) is 85.1 Å². The third-order valence-electron chi connectivity index (χ3n) is 2.62. The van der Waals surface area contributed by atoms with Crippen molar-refractivity contribution >= 4 is 40.2 Å². The normalized spacial score (nSPS) is 10.3. The average Bonchev–Trinajstić information content (AvgIpc) is 2.77. The summed E-state index contributed by atoms with van der Waals surface area (Å²) in [5.41, 5.74) is 0.966. The van der Waals surface area contributed by atoms with E-state index in [1.54, 1.807) is 19.9 Å². The van der Waals surface area contributed by atoms with Crippen molar-refractivity contribution in [3.8, 4) is 0 Å². The molecule has 1 amide bonds. The standard InChI is InChI=1S/C12H10ClN3O3S/c1-6-11(13)8(3-4-14-6)15-12(17)10-5-9(16(18)19)7(2)20-10/h3-5H,1-2H3,(H,14,15,17). The fourth-order valence-corrected chi connectivity index (χ4v) is 2.64. The number of carbonyl (C=O) groups is 1. The van der Waals surface area contributed by atoms with Crippen molar-refractivity contribution in [3.05, 3.63) is 48.9 Å². The molecule has 0 fully saturated rings. The van der Waals surface area contributed by atoms with E-state index in [-0.39, 0.29) is 10.6 Å². The zero-order chi connectivity index (χ0) is 14.9. The van der Waals surface area contributed by atoms with E-state index in [4.69, 9.17) is 11.6 Å². The Morgan fingerprint density at radius 1 is 1.50 bits per heavy atom. The van der Waals surface area contributed by atoms with E-state index in [2.05, 4.69) is 10.3 Å². The van der Waals surface area contributed by atoms with E-state index in [0.717, 1.165) is 11.3 Å². The minimum Gasteiger partial charge on any atom is -0.320 e. The molecule has 1 N–H and O–H groups in total. The highest BCUT2D eigenvalue weighted by atomic mass is 35.5. The third kappa shape index (κ3) is 2.78. The number of halogens is 1. The van der Waals surface area contributed by atoms with Crippen molar-refractivity contribution in [2.75, 3.05) is 5.32 Å². The fourth-order valence-electron chi connectivity index (χ4n) is 1.59. The fraction of sp³-hybridized carbons (Fsp3) is 0.167. The number of nitro groups is 1. The minimum atomic E-state index is -0.508. The predicted octanol–water partition coefficient (Wildman–Crippen LogP) is 3.57. The molecule has 2 heterocycles. The molecule has 0 aliphatic carbocycles. The lowest BCUT2D eigenvalue weighted by Crippen LogP contribution is -2.11. The van der Waals surface area contributed by atoms with Gasteiger partial charge >= 0.3 is 0 Å². The molecular formula is C12H10ClN3O3S. The molecule has 0 aliphatic heterocycles. The molecule has 0 bridgehead atoms. The van der Waals surface area contributed by atoms with Crippen molar-refractivity contribution in [1.82, 2.24) is 4.98 Å². The maximum Gasteiger partial charge on any atom is 0.283 e. The molecule has 0 radical (unpaired) electrons. The number of aromatic nitrogens is 1. The number of nitrogens with zero attached hydrogens (tertiary/aromatic N) is 2. The van der Waals surface area contributed by atoms with Crippen LogP contribution in [0.2, 0.25) is 5.02 Å². The maximum atomic E-state index is 12.1. The monoisotopic (exact) mass is 311 g/mol. The Kier molecular flexibility index (Phi) is 4.01. The highest BCUT2D eigenvalue weighted by Gasteiger charge is 2.20. The Bertz CT molecular complexity index is 699. The molecular weight excluding hydrogens is 302 g/mol. The van der Waals surface area contributed by atoms with Gasteiger partial charge in [0, 0.05) is 12.3 Å². The number of carbonyl (C=O) groups excluding carboxylic acids is 1. The van der Waals surface area contributed by atoms with E-state index >= 15 is 0 Å². The number of nitrogens with one attached hydrogen (secondary N) is 1. The van der Waals surface area contributed by atoms with Gasteiger partial charge in [-0.05, 0) is 19.9 Å². The molecule has 8 heteroatoms. The summed E-state index contributed by atoms with van der Waals surface area (Å²) in [5, 5.41) is 13.7. The minimum absolute atomic E-state index is 0.0582. The van der Waals surface area contributed by atoms with Crippen molar-refractivity contribution in [3.63, 3.8) is 0 Å². The van der Waals surface area contributed by atoms with Crippen LogP contribution in [0, 0.1) is 24.0 Å². The van der Waals surface area contributed by atoms with Crippen molar-refractivity contribution in [1.29, 1.82) is 0 Å². The van der Waals surface area contributed by atoms with Gasteiger partial charge in [0.05, 0.1) is 31.1 Å². The van der Waals surface area contributed by atoms with Gasteiger partial charge in [-0.25, -0.2) is 0 Å². The Balaban J connectivity index is 2.26. The predicted molar refractivity (Wildman–Crippen MR) is 77.6 cm³/mol. The van der Waals surface area contributed by atoms with Crippen LogP contribution in [0.5, 0.6) is 0 Å². The van der Waals surface area contributed by atoms with Crippen LogP contribution in [-0.4, -0.2) is 15.8 Å². The molecule has 20 heavy (non-hydrogen) atoms. The lowest BCUT2D eigenvalue weighted by molar-refractivity contribution is -0.385. The second kappa shape index (κ2) is 5.56. The van der Waals surface area contributed by atoms with Gasteiger partial charge in [-0.3, -0.25) is 19.9 Å². The molecule has 0 aromatic carbocycles. The molecule has 6 nitrogen and oxygen atoms in total. The molecule has 0 spiro atoms. The summed E-state index contributed by atoms with van der Waals surface area (Å²) in [6, 6.07) is 2.83. The summed E-state index contributed by atoms with van der Waals surface area (Å²) in [5.74, 6) is -0.432. The summed E-state index contributed by atoms with van der Waals surface area (Å²) in [7, 11) is 0. The van der Waals surface area contributed by atoms with Gasteiger partial charge in [-0.1, -0.05) is 11.6 Å². The number of rotatable bonds is 3. The van der Waals surface area contributed by atoms with Crippen molar-refractivity contribution in [2.24, 2.45) is 0 Å². The average molecular weight is 312 g/mol. The van der Waals surface area contributed by atoms with Gasteiger partial charge in [-0.2, -0.15) is 0 Å². The van der Waals surface area contributed by atoms with Crippen LogP contribution in [0.3, 0.4) is 0 Å².